The Balaban J connectivity index is 1.36. The summed E-state index contributed by atoms with van der Waals surface area (Å²) in [4.78, 5) is 32.1. The van der Waals surface area contributed by atoms with Gasteiger partial charge in [0.15, 0.2) is 11.0 Å². The molecule has 2 aromatic carbocycles. The summed E-state index contributed by atoms with van der Waals surface area (Å²) in [7, 11) is 0. The van der Waals surface area contributed by atoms with Gasteiger partial charge in [-0.2, -0.15) is 0 Å². The Hall–Kier alpha value is -3.44. The van der Waals surface area contributed by atoms with Crippen LogP contribution < -0.4 is 11.0 Å². The zero-order valence-electron chi connectivity index (χ0n) is 19.3. The number of fused-ring (bicyclic) bond motifs is 1. The molecule has 35 heavy (non-hydrogen) atoms. The molecule has 2 aromatic heterocycles. The lowest BCUT2D eigenvalue weighted by Gasteiger charge is -2.26. The maximum atomic E-state index is 13.6. The second-order valence-electron chi connectivity index (χ2n) is 8.64. The lowest BCUT2D eigenvalue weighted by molar-refractivity contribution is -0.115. The van der Waals surface area contributed by atoms with Crippen molar-refractivity contribution in [1.82, 2.24) is 29.6 Å². The first-order valence-electron chi connectivity index (χ1n) is 11.6. The molecule has 1 aliphatic rings. The van der Waals surface area contributed by atoms with Gasteiger partial charge in [0.25, 0.3) is 0 Å². The van der Waals surface area contributed by atoms with Gasteiger partial charge in [-0.1, -0.05) is 18.2 Å². The minimum absolute atomic E-state index is 0.210. The number of amides is 1. The first kappa shape index (κ1) is 23.3. The Morgan fingerprint density at radius 2 is 1.83 bits per heavy atom. The Morgan fingerprint density at radius 1 is 1.09 bits per heavy atom. The van der Waals surface area contributed by atoms with Gasteiger partial charge in [-0.15, -0.1) is 10.2 Å². The van der Waals surface area contributed by atoms with Crippen LogP contribution in [0.25, 0.3) is 16.7 Å². The van der Waals surface area contributed by atoms with Gasteiger partial charge < -0.3 is 15.3 Å². The number of rotatable bonds is 7. The van der Waals surface area contributed by atoms with Crippen LogP contribution in [0.15, 0.2) is 52.4 Å². The molecule has 0 aliphatic carbocycles. The Labute approximate surface area is 205 Å². The first-order chi connectivity index (χ1) is 17.0. The largest absolute Gasteiger partial charge is 0.325 e. The maximum Gasteiger partial charge on any atom is 0.323 e. The van der Waals surface area contributed by atoms with Gasteiger partial charge in [0.2, 0.25) is 5.91 Å². The number of thioether (sulfide) groups is 1. The molecule has 0 bridgehead atoms. The van der Waals surface area contributed by atoms with Crippen molar-refractivity contribution in [2.75, 3.05) is 18.4 Å². The number of aromatic nitrogens is 5. The number of carbonyl (C=O) groups excluding carboxylic acids is 1. The molecule has 3 heterocycles. The number of H-pyrrole nitrogens is 2. The molecule has 3 N–H and O–H groups in total. The van der Waals surface area contributed by atoms with E-state index in [4.69, 9.17) is 0 Å². The van der Waals surface area contributed by atoms with E-state index in [0.29, 0.717) is 28.4 Å². The Bertz CT molecular complexity index is 1390. The van der Waals surface area contributed by atoms with Crippen molar-refractivity contribution in [2.24, 2.45) is 0 Å². The number of imidazole rings is 1. The summed E-state index contributed by atoms with van der Waals surface area (Å²) in [5.41, 5.74) is 2.32. The molecule has 0 radical (unpaired) electrons. The van der Waals surface area contributed by atoms with E-state index in [2.05, 4.69) is 30.4 Å². The number of aromatic amines is 2. The van der Waals surface area contributed by atoms with E-state index >= 15 is 0 Å². The van der Waals surface area contributed by atoms with Crippen LogP contribution in [0, 0.1) is 5.82 Å². The average Bonchev–Trinajstić information content (AvgIpc) is 3.42. The molecule has 0 saturated carbocycles. The van der Waals surface area contributed by atoms with E-state index < -0.39 is 5.25 Å². The van der Waals surface area contributed by atoms with Crippen molar-refractivity contribution in [3.8, 4) is 5.69 Å². The van der Waals surface area contributed by atoms with Gasteiger partial charge >= 0.3 is 5.69 Å². The third kappa shape index (κ3) is 5.30. The van der Waals surface area contributed by atoms with Crippen LogP contribution in [-0.4, -0.2) is 53.9 Å². The predicted octanol–water partition coefficient (Wildman–Crippen LogP) is 3.68. The van der Waals surface area contributed by atoms with Crippen molar-refractivity contribution in [3.63, 3.8) is 0 Å². The fourth-order valence-corrected chi connectivity index (χ4v) is 5.10. The summed E-state index contributed by atoms with van der Waals surface area (Å²) in [6, 6.07) is 11.4. The van der Waals surface area contributed by atoms with Crippen molar-refractivity contribution < 1.29 is 9.18 Å². The summed E-state index contributed by atoms with van der Waals surface area (Å²) in [5.74, 6) is 0.232. The van der Waals surface area contributed by atoms with Gasteiger partial charge in [-0.3, -0.25) is 14.3 Å². The molecular weight excluding hydrogens is 469 g/mol. The zero-order chi connectivity index (χ0) is 24.4. The Morgan fingerprint density at radius 3 is 2.60 bits per heavy atom. The van der Waals surface area contributed by atoms with Gasteiger partial charge in [-0.05, 0) is 75.3 Å². The number of nitrogens with zero attached hydrogens (tertiary/aromatic N) is 4. The number of hydrogen-bond acceptors (Lipinski definition) is 6. The third-order valence-electron chi connectivity index (χ3n) is 6.03. The molecule has 5 rings (SSSR count). The smallest absolute Gasteiger partial charge is 0.323 e. The van der Waals surface area contributed by atoms with E-state index in [1.165, 1.54) is 30.3 Å². The van der Waals surface area contributed by atoms with Crippen LogP contribution in [0.2, 0.25) is 0 Å². The van der Waals surface area contributed by atoms with Crippen molar-refractivity contribution in [1.29, 1.82) is 0 Å². The van der Waals surface area contributed by atoms with Crippen molar-refractivity contribution >= 4 is 34.4 Å². The second-order valence-corrected chi connectivity index (χ2v) is 9.94. The summed E-state index contributed by atoms with van der Waals surface area (Å²) in [6.45, 7) is 4.45. The molecule has 11 heteroatoms. The van der Waals surface area contributed by atoms with Crippen molar-refractivity contribution in [3.05, 3.63) is 64.6 Å². The number of benzene rings is 2. The number of likely N-dealkylation sites (tertiary alicyclic amines) is 1. The summed E-state index contributed by atoms with van der Waals surface area (Å²) < 4.78 is 15.5. The fourth-order valence-electron chi connectivity index (χ4n) is 4.21. The SMILES string of the molecule is C[C@@H](Sc1nnc(CN2CCCCC2)n1-c1ccc(F)cc1)C(=O)Nc1ccc2[nH]c(=O)[nH]c2c1. The van der Waals surface area contributed by atoms with Crippen LogP contribution in [0.1, 0.15) is 32.0 Å². The molecule has 1 atom stereocenters. The summed E-state index contributed by atoms with van der Waals surface area (Å²) in [5, 5.41) is 11.8. The second kappa shape index (κ2) is 10.0. The standard InChI is InChI=1S/C24H26FN7O2S/c1-15(22(33)26-17-7-10-19-20(13-17)28-23(34)27-19)35-24-30-29-21(14-31-11-3-2-4-12-31)32(24)18-8-5-16(25)6-9-18/h5-10,13,15H,2-4,11-12,14H2,1H3,(H,26,33)(H2,27,28,34)/t15-/m1/s1. The van der Waals surface area contributed by atoms with Crippen LogP contribution in [0.5, 0.6) is 0 Å². The predicted molar refractivity (Wildman–Crippen MR) is 133 cm³/mol. The number of anilines is 1. The van der Waals surface area contributed by atoms with Crippen molar-refractivity contribution in [2.45, 2.75) is 43.1 Å². The molecule has 1 fully saturated rings. The summed E-state index contributed by atoms with van der Waals surface area (Å²) in [6.07, 6.45) is 3.56. The zero-order valence-corrected chi connectivity index (χ0v) is 20.1. The number of halogens is 1. The van der Waals surface area contributed by atoms with E-state index in [0.717, 1.165) is 37.4 Å². The highest BCUT2D eigenvalue weighted by atomic mass is 32.2. The van der Waals surface area contributed by atoms with E-state index in [9.17, 15) is 14.0 Å². The average molecular weight is 496 g/mol. The van der Waals surface area contributed by atoms with Gasteiger partial charge in [0.1, 0.15) is 5.82 Å². The van der Waals surface area contributed by atoms with E-state index in [-0.39, 0.29) is 17.4 Å². The molecule has 1 aliphatic heterocycles. The molecule has 0 spiro atoms. The Kier molecular flexibility index (Phi) is 6.69. The van der Waals surface area contributed by atoms with Crippen LogP contribution in [0.3, 0.4) is 0 Å². The lowest BCUT2D eigenvalue weighted by atomic mass is 10.1. The van der Waals surface area contributed by atoms with E-state index in [1.807, 2.05) is 4.57 Å². The molecule has 1 saturated heterocycles. The van der Waals surface area contributed by atoms with E-state index in [1.54, 1.807) is 37.3 Å². The van der Waals surface area contributed by atoms with Gasteiger partial charge in [0.05, 0.1) is 22.8 Å². The molecule has 0 unspecified atom stereocenters. The maximum absolute atomic E-state index is 13.6. The van der Waals surface area contributed by atoms with Crippen LogP contribution >= 0.6 is 11.8 Å². The minimum atomic E-state index is -0.484. The number of carbonyl (C=O) groups is 1. The topological polar surface area (TPSA) is 112 Å². The molecular formula is C24H26FN7O2S. The lowest BCUT2D eigenvalue weighted by Crippen LogP contribution is -2.30. The highest BCUT2D eigenvalue weighted by molar-refractivity contribution is 8.00. The number of hydrogen-bond donors (Lipinski definition) is 3. The molecule has 1 amide bonds. The minimum Gasteiger partial charge on any atom is -0.325 e. The fraction of sp³-hybridized carbons (Fsp3) is 0.333. The normalized spacial score (nSPS) is 15.4. The quantitative estimate of drug-likeness (QED) is 0.337. The molecule has 9 nitrogen and oxygen atoms in total. The molecule has 182 valence electrons. The molecule has 4 aromatic rings. The highest BCUT2D eigenvalue weighted by Gasteiger charge is 2.23. The monoisotopic (exact) mass is 495 g/mol. The highest BCUT2D eigenvalue weighted by Crippen LogP contribution is 2.28. The summed E-state index contributed by atoms with van der Waals surface area (Å²) >= 11 is 1.29. The number of piperidine rings is 1. The third-order valence-corrected chi connectivity index (χ3v) is 7.08. The van der Waals surface area contributed by atoms with Crippen LogP contribution in [0.4, 0.5) is 10.1 Å². The van der Waals surface area contributed by atoms with Crippen LogP contribution in [-0.2, 0) is 11.3 Å². The number of nitrogens with one attached hydrogen (secondary N) is 3. The van der Waals surface area contributed by atoms with Gasteiger partial charge in [0, 0.05) is 11.4 Å². The van der Waals surface area contributed by atoms with Gasteiger partial charge in [-0.25, -0.2) is 9.18 Å². The first-order valence-corrected chi connectivity index (χ1v) is 12.5.